The van der Waals surface area contributed by atoms with E-state index in [9.17, 15) is 0 Å². The van der Waals surface area contributed by atoms with Crippen LogP contribution in [0.3, 0.4) is 0 Å². The summed E-state index contributed by atoms with van der Waals surface area (Å²) < 4.78 is 6.10. The van der Waals surface area contributed by atoms with Gasteiger partial charge in [-0.1, -0.05) is 32.0 Å². The first kappa shape index (κ1) is 13.0. The Bertz CT molecular complexity index is 291. The second-order valence-corrected chi connectivity index (χ2v) is 4.42. The molecule has 0 saturated carbocycles. The van der Waals surface area contributed by atoms with Crippen molar-refractivity contribution in [1.82, 2.24) is 5.32 Å². The van der Waals surface area contributed by atoms with Crippen molar-refractivity contribution in [2.24, 2.45) is 0 Å². The van der Waals surface area contributed by atoms with Gasteiger partial charge in [-0.3, -0.25) is 5.32 Å². The number of hydrogen-bond donors (Lipinski definition) is 1. The highest BCUT2D eigenvalue weighted by Gasteiger charge is 2.28. The Labute approximate surface area is 99.0 Å². The largest absolute Gasteiger partial charge is 0.473 e. The van der Waals surface area contributed by atoms with Crippen LogP contribution in [0.5, 0.6) is 5.75 Å². The van der Waals surface area contributed by atoms with Gasteiger partial charge < -0.3 is 4.74 Å². The van der Waals surface area contributed by atoms with Gasteiger partial charge in [0.2, 0.25) is 0 Å². The van der Waals surface area contributed by atoms with Crippen molar-refractivity contribution >= 4 is 0 Å². The molecule has 2 heteroatoms. The van der Waals surface area contributed by atoms with Gasteiger partial charge in [-0.05, 0) is 38.8 Å². The van der Waals surface area contributed by atoms with Crippen molar-refractivity contribution in [3.05, 3.63) is 30.3 Å². The zero-order valence-corrected chi connectivity index (χ0v) is 10.8. The standard InChI is InChI=1S/C14H23NO/c1-5-14(6-2,15-12(3)4)16-13-10-8-7-9-11-13/h7-12,15H,5-6H2,1-4H3. The van der Waals surface area contributed by atoms with Crippen LogP contribution in [0.15, 0.2) is 30.3 Å². The van der Waals surface area contributed by atoms with E-state index in [0.717, 1.165) is 18.6 Å². The molecule has 0 heterocycles. The average molecular weight is 221 g/mol. The Kier molecular flexibility index (Phi) is 4.81. The molecule has 1 aromatic carbocycles. The highest BCUT2D eigenvalue weighted by Crippen LogP contribution is 2.22. The van der Waals surface area contributed by atoms with E-state index in [4.69, 9.17) is 4.74 Å². The van der Waals surface area contributed by atoms with E-state index in [2.05, 4.69) is 33.0 Å². The summed E-state index contributed by atoms with van der Waals surface area (Å²) in [5.74, 6) is 0.930. The van der Waals surface area contributed by atoms with Crippen LogP contribution in [-0.4, -0.2) is 11.8 Å². The molecule has 1 rings (SSSR count). The molecule has 0 bridgehead atoms. The highest BCUT2D eigenvalue weighted by atomic mass is 16.5. The van der Waals surface area contributed by atoms with Crippen molar-refractivity contribution in [2.75, 3.05) is 0 Å². The minimum atomic E-state index is -0.241. The van der Waals surface area contributed by atoms with E-state index >= 15 is 0 Å². The molecule has 0 atom stereocenters. The molecule has 0 radical (unpaired) electrons. The molecule has 0 fully saturated rings. The molecule has 0 aliphatic heterocycles. The monoisotopic (exact) mass is 221 g/mol. The van der Waals surface area contributed by atoms with Gasteiger partial charge in [0.15, 0.2) is 5.72 Å². The number of nitrogens with one attached hydrogen (secondary N) is 1. The molecule has 90 valence electrons. The van der Waals surface area contributed by atoms with Crippen LogP contribution in [0.1, 0.15) is 40.5 Å². The predicted molar refractivity (Wildman–Crippen MR) is 68.7 cm³/mol. The van der Waals surface area contributed by atoms with Crippen molar-refractivity contribution < 1.29 is 4.74 Å². The van der Waals surface area contributed by atoms with Gasteiger partial charge in [-0.25, -0.2) is 0 Å². The molecular formula is C14H23NO. The second-order valence-electron chi connectivity index (χ2n) is 4.42. The Morgan fingerprint density at radius 2 is 1.69 bits per heavy atom. The van der Waals surface area contributed by atoms with Crippen LogP contribution in [0, 0.1) is 0 Å². The minimum Gasteiger partial charge on any atom is -0.473 e. The maximum absolute atomic E-state index is 6.10. The summed E-state index contributed by atoms with van der Waals surface area (Å²) in [5, 5.41) is 3.52. The molecule has 0 unspecified atom stereocenters. The van der Waals surface area contributed by atoms with E-state index < -0.39 is 0 Å². The Morgan fingerprint density at radius 1 is 1.12 bits per heavy atom. The molecule has 1 aromatic rings. The Hall–Kier alpha value is -1.02. The smallest absolute Gasteiger partial charge is 0.160 e. The second kappa shape index (κ2) is 5.90. The highest BCUT2D eigenvalue weighted by molar-refractivity contribution is 5.22. The van der Waals surface area contributed by atoms with E-state index in [1.54, 1.807) is 0 Å². The van der Waals surface area contributed by atoms with E-state index in [0.29, 0.717) is 6.04 Å². The summed E-state index contributed by atoms with van der Waals surface area (Å²) >= 11 is 0. The summed E-state index contributed by atoms with van der Waals surface area (Å²) in [4.78, 5) is 0. The summed E-state index contributed by atoms with van der Waals surface area (Å²) in [5.41, 5.74) is -0.241. The summed E-state index contributed by atoms with van der Waals surface area (Å²) in [6.07, 6.45) is 1.91. The molecular weight excluding hydrogens is 198 g/mol. The predicted octanol–water partition coefficient (Wildman–Crippen LogP) is 3.58. The molecule has 0 aliphatic carbocycles. The van der Waals surface area contributed by atoms with Gasteiger partial charge in [0, 0.05) is 6.04 Å². The van der Waals surface area contributed by atoms with Crippen molar-refractivity contribution in [3.63, 3.8) is 0 Å². The van der Waals surface area contributed by atoms with E-state index in [1.165, 1.54) is 0 Å². The first-order chi connectivity index (χ1) is 7.62. The third-order valence-electron chi connectivity index (χ3n) is 2.75. The number of benzene rings is 1. The zero-order valence-electron chi connectivity index (χ0n) is 10.8. The fourth-order valence-electron chi connectivity index (χ4n) is 1.87. The Morgan fingerprint density at radius 3 is 2.12 bits per heavy atom. The van der Waals surface area contributed by atoms with Crippen LogP contribution in [0.25, 0.3) is 0 Å². The summed E-state index contributed by atoms with van der Waals surface area (Å²) in [6.45, 7) is 8.60. The van der Waals surface area contributed by atoms with Crippen LogP contribution < -0.4 is 10.1 Å². The van der Waals surface area contributed by atoms with Crippen LogP contribution in [0.4, 0.5) is 0 Å². The minimum absolute atomic E-state index is 0.241. The van der Waals surface area contributed by atoms with Gasteiger partial charge in [0.25, 0.3) is 0 Å². The number of ether oxygens (including phenoxy) is 1. The molecule has 0 saturated heterocycles. The third kappa shape index (κ3) is 3.53. The van der Waals surface area contributed by atoms with Gasteiger partial charge in [-0.2, -0.15) is 0 Å². The van der Waals surface area contributed by atoms with Gasteiger partial charge >= 0.3 is 0 Å². The zero-order chi connectivity index (χ0) is 12.0. The van der Waals surface area contributed by atoms with E-state index in [1.807, 2.05) is 30.3 Å². The lowest BCUT2D eigenvalue weighted by Gasteiger charge is -2.35. The third-order valence-corrected chi connectivity index (χ3v) is 2.75. The van der Waals surface area contributed by atoms with Gasteiger partial charge in [0.05, 0.1) is 0 Å². The lowest BCUT2D eigenvalue weighted by molar-refractivity contribution is 0.0167. The SMILES string of the molecule is CCC(CC)(NC(C)C)Oc1ccccc1. The first-order valence-corrected chi connectivity index (χ1v) is 6.13. The molecule has 2 nitrogen and oxygen atoms in total. The summed E-state index contributed by atoms with van der Waals surface area (Å²) in [6, 6.07) is 10.4. The molecule has 1 N–H and O–H groups in total. The Balaban J connectivity index is 2.78. The number of para-hydroxylation sites is 1. The fourth-order valence-corrected chi connectivity index (χ4v) is 1.87. The topological polar surface area (TPSA) is 21.3 Å². The van der Waals surface area contributed by atoms with E-state index in [-0.39, 0.29) is 5.72 Å². The first-order valence-electron chi connectivity index (χ1n) is 6.13. The van der Waals surface area contributed by atoms with Crippen LogP contribution in [-0.2, 0) is 0 Å². The maximum atomic E-state index is 6.10. The molecule has 0 spiro atoms. The van der Waals surface area contributed by atoms with Crippen molar-refractivity contribution in [3.8, 4) is 5.75 Å². The van der Waals surface area contributed by atoms with Crippen LogP contribution >= 0.6 is 0 Å². The lowest BCUT2D eigenvalue weighted by Crippen LogP contribution is -2.52. The quantitative estimate of drug-likeness (QED) is 0.741. The molecule has 0 amide bonds. The number of rotatable bonds is 6. The van der Waals surface area contributed by atoms with Crippen LogP contribution in [0.2, 0.25) is 0 Å². The lowest BCUT2D eigenvalue weighted by atomic mass is 10.1. The maximum Gasteiger partial charge on any atom is 0.160 e. The normalized spacial score (nSPS) is 11.8. The average Bonchev–Trinajstić information content (AvgIpc) is 2.29. The molecule has 0 aromatic heterocycles. The molecule has 0 aliphatic rings. The summed E-state index contributed by atoms with van der Waals surface area (Å²) in [7, 11) is 0. The van der Waals surface area contributed by atoms with Crippen molar-refractivity contribution in [1.29, 1.82) is 0 Å². The van der Waals surface area contributed by atoms with Gasteiger partial charge in [0.1, 0.15) is 5.75 Å². The number of hydrogen-bond acceptors (Lipinski definition) is 2. The molecule has 16 heavy (non-hydrogen) atoms. The fraction of sp³-hybridized carbons (Fsp3) is 0.571. The van der Waals surface area contributed by atoms with Gasteiger partial charge in [-0.15, -0.1) is 0 Å². The van der Waals surface area contributed by atoms with Crippen molar-refractivity contribution in [2.45, 2.75) is 52.3 Å².